The summed E-state index contributed by atoms with van der Waals surface area (Å²) in [5, 5.41) is 5.88. The molecule has 2 aromatic carbocycles. The molecule has 2 amide bonds. The van der Waals surface area contributed by atoms with E-state index >= 15 is 0 Å². The number of anilines is 2. The second-order valence-electron chi connectivity index (χ2n) is 5.78. The van der Waals surface area contributed by atoms with Crippen molar-refractivity contribution in [3.05, 3.63) is 53.8 Å². The number of benzene rings is 2. The first-order chi connectivity index (χ1) is 12.5. The van der Waals surface area contributed by atoms with E-state index in [-0.39, 0.29) is 30.5 Å². The SMILES string of the molecule is CCc1ccc2nc(NC(=O)CCC(=O)Nc3ccc(F)cc3)sc2c1. The van der Waals surface area contributed by atoms with E-state index in [2.05, 4.69) is 28.6 Å². The van der Waals surface area contributed by atoms with E-state index in [1.54, 1.807) is 0 Å². The first kappa shape index (κ1) is 18.0. The Hall–Kier alpha value is -2.80. The van der Waals surface area contributed by atoms with Crippen molar-refractivity contribution in [3.63, 3.8) is 0 Å². The van der Waals surface area contributed by atoms with Gasteiger partial charge in [0, 0.05) is 18.5 Å². The molecule has 2 N–H and O–H groups in total. The van der Waals surface area contributed by atoms with Gasteiger partial charge in [-0.25, -0.2) is 9.37 Å². The third-order valence-corrected chi connectivity index (χ3v) is 4.75. The van der Waals surface area contributed by atoms with Crippen LogP contribution < -0.4 is 10.6 Å². The summed E-state index contributed by atoms with van der Waals surface area (Å²) in [6.07, 6.45) is 1.02. The quantitative estimate of drug-likeness (QED) is 0.676. The van der Waals surface area contributed by atoms with Crippen LogP contribution in [0.3, 0.4) is 0 Å². The van der Waals surface area contributed by atoms with Crippen LogP contribution in [-0.4, -0.2) is 16.8 Å². The Balaban J connectivity index is 1.52. The van der Waals surface area contributed by atoms with Crippen molar-refractivity contribution < 1.29 is 14.0 Å². The number of hydrogen-bond donors (Lipinski definition) is 2. The molecular weight excluding hydrogens is 353 g/mol. The van der Waals surface area contributed by atoms with Crippen molar-refractivity contribution in [1.29, 1.82) is 0 Å². The maximum absolute atomic E-state index is 12.8. The van der Waals surface area contributed by atoms with Gasteiger partial charge in [0.05, 0.1) is 10.2 Å². The first-order valence-electron chi connectivity index (χ1n) is 8.28. The van der Waals surface area contributed by atoms with Gasteiger partial charge in [-0.3, -0.25) is 9.59 Å². The van der Waals surface area contributed by atoms with Crippen molar-refractivity contribution in [2.24, 2.45) is 0 Å². The lowest BCUT2D eigenvalue weighted by molar-refractivity contribution is -0.121. The zero-order valence-corrected chi connectivity index (χ0v) is 15.0. The van der Waals surface area contributed by atoms with Crippen molar-refractivity contribution >= 4 is 44.2 Å². The van der Waals surface area contributed by atoms with Gasteiger partial charge in [0.2, 0.25) is 11.8 Å². The molecule has 3 aromatic rings. The highest BCUT2D eigenvalue weighted by atomic mass is 32.1. The van der Waals surface area contributed by atoms with Crippen LogP contribution >= 0.6 is 11.3 Å². The number of aryl methyl sites for hydroxylation is 1. The monoisotopic (exact) mass is 371 g/mol. The van der Waals surface area contributed by atoms with Gasteiger partial charge < -0.3 is 10.6 Å². The lowest BCUT2D eigenvalue weighted by atomic mass is 10.2. The number of nitrogens with one attached hydrogen (secondary N) is 2. The van der Waals surface area contributed by atoms with Crippen LogP contribution in [-0.2, 0) is 16.0 Å². The van der Waals surface area contributed by atoms with Gasteiger partial charge in [0.25, 0.3) is 0 Å². The number of carbonyl (C=O) groups is 2. The van der Waals surface area contributed by atoms with Crippen molar-refractivity contribution in [1.82, 2.24) is 4.98 Å². The molecule has 0 saturated heterocycles. The van der Waals surface area contributed by atoms with Crippen LogP contribution in [0.2, 0.25) is 0 Å². The molecule has 5 nitrogen and oxygen atoms in total. The summed E-state index contributed by atoms with van der Waals surface area (Å²) in [6, 6.07) is 11.5. The maximum atomic E-state index is 12.8. The molecule has 0 fully saturated rings. The molecule has 0 bridgehead atoms. The highest BCUT2D eigenvalue weighted by Crippen LogP contribution is 2.27. The van der Waals surface area contributed by atoms with Crippen LogP contribution in [0.4, 0.5) is 15.2 Å². The van der Waals surface area contributed by atoms with Gasteiger partial charge in [-0.15, -0.1) is 0 Å². The molecule has 0 aliphatic heterocycles. The molecule has 3 rings (SSSR count). The summed E-state index contributed by atoms with van der Waals surface area (Å²) in [5.41, 5.74) is 2.56. The highest BCUT2D eigenvalue weighted by molar-refractivity contribution is 7.22. The predicted molar refractivity (Wildman–Crippen MR) is 102 cm³/mol. The Morgan fingerprint density at radius 1 is 1.04 bits per heavy atom. The molecule has 0 radical (unpaired) electrons. The number of hydrogen-bond acceptors (Lipinski definition) is 4. The third kappa shape index (κ3) is 4.64. The Bertz CT molecular complexity index is 938. The van der Waals surface area contributed by atoms with E-state index in [1.807, 2.05) is 12.1 Å². The summed E-state index contributed by atoms with van der Waals surface area (Å²) in [4.78, 5) is 28.3. The first-order valence-corrected chi connectivity index (χ1v) is 9.10. The molecule has 134 valence electrons. The van der Waals surface area contributed by atoms with Crippen molar-refractivity contribution in [2.75, 3.05) is 10.6 Å². The fourth-order valence-electron chi connectivity index (χ4n) is 2.41. The van der Waals surface area contributed by atoms with Gasteiger partial charge >= 0.3 is 0 Å². The minimum absolute atomic E-state index is 0.0358. The molecule has 0 saturated carbocycles. The number of halogens is 1. The number of thiazole rings is 1. The summed E-state index contributed by atoms with van der Waals surface area (Å²) >= 11 is 1.41. The summed E-state index contributed by atoms with van der Waals surface area (Å²) in [5.74, 6) is -0.943. The fourth-order valence-corrected chi connectivity index (χ4v) is 3.35. The number of aromatic nitrogens is 1. The lowest BCUT2D eigenvalue weighted by Crippen LogP contribution is -2.17. The van der Waals surface area contributed by atoms with Gasteiger partial charge in [0.1, 0.15) is 5.82 Å². The minimum Gasteiger partial charge on any atom is -0.326 e. The van der Waals surface area contributed by atoms with E-state index in [1.165, 1.54) is 41.2 Å². The van der Waals surface area contributed by atoms with E-state index in [9.17, 15) is 14.0 Å². The number of carbonyl (C=O) groups excluding carboxylic acids is 2. The minimum atomic E-state index is -0.371. The van der Waals surface area contributed by atoms with E-state index in [4.69, 9.17) is 0 Å². The summed E-state index contributed by atoms with van der Waals surface area (Å²) in [6.45, 7) is 2.09. The van der Waals surface area contributed by atoms with Crippen LogP contribution in [0.5, 0.6) is 0 Å². The molecule has 1 heterocycles. The summed E-state index contributed by atoms with van der Waals surface area (Å²) in [7, 11) is 0. The van der Waals surface area contributed by atoms with Crippen molar-refractivity contribution in [3.8, 4) is 0 Å². The second kappa shape index (κ2) is 8.05. The lowest BCUT2D eigenvalue weighted by Gasteiger charge is -2.05. The van der Waals surface area contributed by atoms with E-state index in [0.29, 0.717) is 10.8 Å². The van der Waals surface area contributed by atoms with Crippen LogP contribution in [0.15, 0.2) is 42.5 Å². The van der Waals surface area contributed by atoms with E-state index < -0.39 is 0 Å². The molecular formula is C19H18FN3O2S. The average molecular weight is 371 g/mol. The Morgan fingerprint density at radius 2 is 1.73 bits per heavy atom. The van der Waals surface area contributed by atoms with Gasteiger partial charge in [-0.2, -0.15) is 0 Å². The van der Waals surface area contributed by atoms with Crippen LogP contribution in [0.1, 0.15) is 25.3 Å². The average Bonchev–Trinajstić information content (AvgIpc) is 3.03. The van der Waals surface area contributed by atoms with Gasteiger partial charge in [-0.05, 0) is 48.4 Å². The number of fused-ring (bicyclic) bond motifs is 1. The molecule has 7 heteroatoms. The van der Waals surface area contributed by atoms with Crippen molar-refractivity contribution in [2.45, 2.75) is 26.2 Å². The Kier molecular flexibility index (Phi) is 5.58. The van der Waals surface area contributed by atoms with Gasteiger partial charge in [0.15, 0.2) is 5.13 Å². The molecule has 0 spiro atoms. The topological polar surface area (TPSA) is 71.1 Å². The maximum Gasteiger partial charge on any atom is 0.226 e. The third-order valence-electron chi connectivity index (χ3n) is 3.81. The highest BCUT2D eigenvalue weighted by Gasteiger charge is 2.11. The number of nitrogens with zero attached hydrogens (tertiary/aromatic N) is 1. The normalized spacial score (nSPS) is 10.7. The molecule has 26 heavy (non-hydrogen) atoms. The molecule has 0 aliphatic rings. The molecule has 0 unspecified atom stereocenters. The summed E-state index contributed by atoms with van der Waals surface area (Å²) < 4.78 is 13.9. The fraction of sp³-hybridized carbons (Fsp3) is 0.211. The van der Waals surface area contributed by atoms with E-state index in [0.717, 1.165) is 16.6 Å². The van der Waals surface area contributed by atoms with Crippen LogP contribution in [0.25, 0.3) is 10.2 Å². The molecule has 0 atom stereocenters. The number of amides is 2. The zero-order valence-electron chi connectivity index (χ0n) is 14.2. The predicted octanol–water partition coefficient (Wildman–Crippen LogP) is 4.36. The zero-order chi connectivity index (χ0) is 18.5. The number of rotatable bonds is 6. The smallest absolute Gasteiger partial charge is 0.226 e. The molecule has 1 aromatic heterocycles. The Labute approximate surface area is 154 Å². The largest absolute Gasteiger partial charge is 0.326 e. The standard InChI is InChI=1S/C19H18FN3O2S/c1-2-12-3-8-15-16(11-12)26-19(22-15)23-18(25)10-9-17(24)21-14-6-4-13(20)5-7-14/h3-8,11H,2,9-10H2,1H3,(H,21,24)(H,22,23,25). The second-order valence-corrected chi connectivity index (χ2v) is 6.81. The van der Waals surface area contributed by atoms with Crippen LogP contribution in [0, 0.1) is 5.82 Å². The Morgan fingerprint density at radius 3 is 2.42 bits per heavy atom. The molecule has 0 aliphatic carbocycles. The van der Waals surface area contributed by atoms with Gasteiger partial charge in [-0.1, -0.05) is 24.3 Å².